The van der Waals surface area contributed by atoms with Crippen LogP contribution in [0, 0.1) is 12.8 Å². The SMILES string of the molecule is COc1ccc(-c2cc(C(CC(C)C)Nc3ccc(C(=O)NCCC(=O)O)cc3)c(C)s2)cn1. The first-order valence-corrected chi connectivity index (χ1v) is 12.1. The zero-order valence-electron chi connectivity index (χ0n) is 19.9. The Morgan fingerprint density at radius 2 is 1.88 bits per heavy atom. The standard InChI is InChI=1S/C26H31N3O4S/c1-16(2)13-22(21-14-23(34-17(21)3)19-7-10-24(33-4)28-15-19)29-20-8-5-18(6-9-20)26(32)27-12-11-25(30)31/h5-10,14-16,22,29H,11-13H2,1-4H3,(H,27,32)(H,30,31). The number of aliphatic carboxylic acids is 1. The van der Waals surface area contributed by atoms with Crippen molar-refractivity contribution in [2.24, 2.45) is 5.92 Å². The Hall–Kier alpha value is -3.39. The summed E-state index contributed by atoms with van der Waals surface area (Å²) in [6.45, 7) is 6.65. The van der Waals surface area contributed by atoms with Gasteiger partial charge in [0.1, 0.15) is 0 Å². The fraction of sp³-hybridized carbons (Fsp3) is 0.346. The van der Waals surface area contributed by atoms with E-state index in [4.69, 9.17) is 9.84 Å². The highest BCUT2D eigenvalue weighted by molar-refractivity contribution is 7.15. The molecule has 0 spiro atoms. The average molecular weight is 482 g/mol. The van der Waals surface area contributed by atoms with Gasteiger partial charge in [0.2, 0.25) is 5.88 Å². The number of aromatic nitrogens is 1. The van der Waals surface area contributed by atoms with Gasteiger partial charge in [0.05, 0.1) is 19.6 Å². The van der Waals surface area contributed by atoms with Crippen LogP contribution in [-0.2, 0) is 4.79 Å². The fourth-order valence-electron chi connectivity index (χ4n) is 3.67. The van der Waals surface area contributed by atoms with Crippen LogP contribution < -0.4 is 15.4 Å². The molecule has 2 aromatic heterocycles. The van der Waals surface area contributed by atoms with E-state index in [0.29, 0.717) is 17.4 Å². The maximum atomic E-state index is 12.2. The monoisotopic (exact) mass is 481 g/mol. The molecule has 0 radical (unpaired) electrons. The maximum Gasteiger partial charge on any atom is 0.305 e. The normalized spacial score (nSPS) is 11.8. The van der Waals surface area contributed by atoms with Crippen LogP contribution in [0.2, 0.25) is 0 Å². The first kappa shape index (κ1) is 25.2. The zero-order valence-corrected chi connectivity index (χ0v) is 20.7. The molecule has 0 aliphatic carbocycles. The Morgan fingerprint density at radius 3 is 2.47 bits per heavy atom. The van der Waals surface area contributed by atoms with Crippen molar-refractivity contribution in [1.29, 1.82) is 0 Å². The maximum absolute atomic E-state index is 12.2. The Balaban J connectivity index is 1.75. The number of carbonyl (C=O) groups excluding carboxylic acids is 1. The topological polar surface area (TPSA) is 101 Å². The molecule has 1 unspecified atom stereocenters. The van der Waals surface area contributed by atoms with Crippen molar-refractivity contribution >= 4 is 28.9 Å². The third-order valence-corrected chi connectivity index (χ3v) is 6.50. The minimum atomic E-state index is -0.939. The van der Waals surface area contributed by atoms with Crippen LogP contribution >= 0.6 is 11.3 Å². The van der Waals surface area contributed by atoms with E-state index in [0.717, 1.165) is 22.5 Å². The Kier molecular flexibility index (Phi) is 8.65. The molecule has 180 valence electrons. The van der Waals surface area contributed by atoms with Gasteiger partial charge in [-0.1, -0.05) is 13.8 Å². The number of methoxy groups -OCH3 is 1. The van der Waals surface area contributed by atoms with Gasteiger partial charge in [0.25, 0.3) is 5.91 Å². The van der Waals surface area contributed by atoms with Gasteiger partial charge in [-0.05, 0) is 61.2 Å². The molecule has 0 saturated carbocycles. The first-order valence-electron chi connectivity index (χ1n) is 11.2. The van der Waals surface area contributed by atoms with Crippen LogP contribution in [0.4, 0.5) is 5.69 Å². The summed E-state index contributed by atoms with van der Waals surface area (Å²) in [5.41, 5.74) is 3.73. The number of nitrogens with one attached hydrogen (secondary N) is 2. The summed E-state index contributed by atoms with van der Waals surface area (Å²) in [6.07, 6.45) is 2.69. The van der Waals surface area contributed by atoms with E-state index in [1.54, 1.807) is 30.6 Å². The zero-order chi connectivity index (χ0) is 24.7. The number of pyridine rings is 1. The lowest BCUT2D eigenvalue weighted by atomic mass is 9.96. The van der Waals surface area contributed by atoms with Crippen molar-refractivity contribution < 1.29 is 19.4 Å². The average Bonchev–Trinajstić information content (AvgIpc) is 3.20. The molecule has 7 nitrogen and oxygen atoms in total. The van der Waals surface area contributed by atoms with Crippen LogP contribution in [-0.4, -0.2) is 35.6 Å². The van der Waals surface area contributed by atoms with E-state index in [9.17, 15) is 9.59 Å². The number of rotatable bonds is 11. The van der Waals surface area contributed by atoms with Crippen molar-refractivity contribution in [3.8, 4) is 16.3 Å². The Bertz CT molecular complexity index is 1110. The molecular formula is C26H31N3O4S. The molecule has 0 aliphatic rings. The van der Waals surface area contributed by atoms with Gasteiger partial charge in [0.15, 0.2) is 0 Å². The van der Waals surface area contributed by atoms with Gasteiger partial charge in [-0.2, -0.15) is 0 Å². The summed E-state index contributed by atoms with van der Waals surface area (Å²) in [7, 11) is 1.61. The van der Waals surface area contributed by atoms with E-state index in [-0.39, 0.29) is 24.9 Å². The molecule has 3 rings (SSSR count). The number of amides is 1. The largest absolute Gasteiger partial charge is 0.481 e. The van der Waals surface area contributed by atoms with Gasteiger partial charge < -0.3 is 20.5 Å². The highest BCUT2D eigenvalue weighted by atomic mass is 32.1. The summed E-state index contributed by atoms with van der Waals surface area (Å²) >= 11 is 1.75. The van der Waals surface area contributed by atoms with Crippen LogP contribution in [0.1, 0.15) is 53.5 Å². The molecular weight excluding hydrogens is 450 g/mol. The molecule has 1 amide bonds. The molecule has 2 heterocycles. The van der Waals surface area contributed by atoms with Gasteiger partial charge in [-0.15, -0.1) is 11.3 Å². The lowest BCUT2D eigenvalue weighted by Crippen LogP contribution is -2.25. The predicted molar refractivity (Wildman–Crippen MR) is 136 cm³/mol. The minimum Gasteiger partial charge on any atom is -0.481 e. The second kappa shape index (κ2) is 11.7. The Morgan fingerprint density at radius 1 is 1.15 bits per heavy atom. The fourth-order valence-corrected chi connectivity index (χ4v) is 4.74. The van der Waals surface area contributed by atoms with Crippen LogP contribution in [0.5, 0.6) is 5.88 Å². The molecule has 1 aromatic carbocycles. The number of anilines is 1. The molecule has 0 saturated heterocycles. The van der Waals surface area contributed by atoms with E-state index in [1.807, 2.05) is 30.5 Å². The summed E-state index contributed by atoms with van der Waals surface area (Å²) in [4.78, 5) is 29.6. The number of carboxylic acid groups (broad SMARTS) is 1. The molecule has 3 N–H and O–H groups in total. The van der Waals surface area contributed by atoms with E-state index < -0.39 is 5.97 Å². The lowest BCUT2D eigenvalue weighted by Gasteiger charge is -2.22. The van der Waals surface area contributed by atoms with E-state index >= 15 is 0 Å². The van der Waals surface area contributed by atoms with Crippen LogP contribution in [0.3, 0.4) is 0 Å². The van der Waals surface area contributed by atoms with Crippen molar-refractivity contribution in [3.63, 3.8) is 0 Å². The molecule has 34 heavy (non-hydrogen) atoms. The summed E-state index contributed by atoms with van der Waals surface area (Å²) in [5.74, 6) is -0.137. The smallest absolute Gasteiger partial charge is 0.305 e. The highest BCUT2D eigenvalue weighted by Gasteiger charge is 2.19. The van der Waals surface area contributed by atoms with Gasteiger partial charge in [-0.25, -0.2) is 4.98 Å². The number of hydrogen-bond donors (Lipinski definition) is 3. The molecule has 8 heteroatoms. The van der Waals surface area contributed by atoms with Crippen molar-refractivity contribution in [1.82, 2.24) is 10.3 Å². The molecule has 0 aliphatic heterocycles. The predicted octanol–water partition coefficient (Wildman–Crippen LogP) is 5.53. The highest BCUT2D eigenvalue weighted by Crippen LogP contribution is 2.37. The third-order valence-electron chi connectivity index (χ3n) is 5.38. The van der Waals surface area contributed by atoms with Gasteiger partial charge in [0, 0.05) is 45.4 Å². The summed E-state index contributed by atoms with van der Waals surface area (Å²) in [6, 6.07) is 13.5. The summed E-state index contributed by atoms with van der Waals surface area (Å²) < 4.78 is 5.17. The van der Waals surface area contributed by atoms with Crippen LogP contribution in [0.25, 0.3) is 10.4 Å². The number of carboxylic acids is 1. The number of carbonyl (C=O) groups is 2. The van der Waals surface area contributed by atoms with E-state index in [1.165, 1.54) is 10.4 Å². The molecule has 0 bridgehead atoms. The number of benzene rings is 1. The molecule has 1 atom stereocenters. The quantitative estimate of drug-likeness (QED) is 0.333. The number of ether oxygens (including phenoxy) is 1. The number of nitrogens with zero attached hydrogens (tertiary/aromatic N) is 1. The second-order valence-corrected chi connectivity index (χ2v) is 9.77. The molecule has 3 aromatic rings. The first-order chi connectivity index (χ1) is 16.3. The van der Waals surface area contributed by atoms with Gasteiger partial charge in [-0.3, -0.25) is 9.59 Å². The second-order valence-electron chi connectivity index (χ2n) is 8.51. The summed E-state index contributed by atoms with van der Waals surface area (Å²) in [5, 5.41) is 15.0. The number of hydrogen-bond acceptors (Lipinski definition) is 6. The van der Waals surface area contributed by atoms with Crippen molar-refractivity contribution in [2.45, 2.75) is 39.7 Å². The molecule has 0 fully saturated rings. The van der Waals surface area contributed by atoms with Crippen molar-refractivity contribution in [2.75, 3.05) is 19.0 Å². The van der Waals surface area contributed by atoms with Crippen molar-refractivity contribution in [3.05, 3.63) is 64.7 Å². The van der Waals surface area contributed by atoms with E-state index in [2.05, 4.69) is 42.5 Å². The Labute approximate surface area is 204 Å². The van der Waals surface area contributed by atoms with Crippen LogP contribution in [0.15, 0.2) is 48.7 Å². The number of aryl methyl sites for hydroxylation is 1. The third kappa shape index (κ3) is 6.81. The minimum absolute atomic E-state index is 0.100. The lowest BCUT2D eigenvalue weighted by molar-refractivity contribution is -0.136. The number of thiophene rings is 1. The van der Waals surface area contributed by atoms with Gasteiger partial charge >= 0.3 is 5.97 Å².